The molecule has 0 radical (unpaired) electrons. The van der Waals surface area contributed by atoms with Gasteiger partial charge in [-0.2, -0.15) is 5.26 Å². The average molecular weight is 532 g/mol. The third kappa shape index (κ3) is 7.06. The molecule has 6 nitrogen and oxygen atoms in total. The number of methoxy groups -OCH3 is 2. The van der Waals surface area contributed by atoms with Gasteiger partial charge in [-0.1, -0.05) is 53.0 Å². The van der Waals surface area contributed by atoms with E-state index in [9.17, 15) is 10.1 Å². The number of nitrogens with zero attached hydrogens (tertiary/aromatic N) is 1. The van der Waals surface area contributed by atoms with Crippen LogP contribution >= 0.6 is 34.8 Å². The van der Waals surface area contributed by atoms with Crippen LogP contribution in [0.25, 0.3) is 6.08 Å². The molecule has 0 heterocycles. The molecule has 0 saturated heterocycles. The highest BCUT2D eigenvalue weighted by Crippen LogP contribution is 2.38. The molecule has 1 amide bonds. The molecule has 9 heteroatoms. The summed E-state index contributed by atoms with van der Waals surface area (Å²) in [4.78, 5) is 12.6. The first-order valence-corrected chi connectivity index (χ1v) is 11.4. The Kier molecular flexibility index (Phi) is 9.27. The van der Waals surface area contributed by atoms with Crippen molar-refractivity contribution in [1.82, 2.24) is 5.32 Å². The van der Waals surface area contributed by atoms with E-state index in [2.05, 4.69) is 5.32 Å². The van der Waals surface area contributed by atoms with Gasteiger partial charge < -0.3 is 19.5 Å². The van der Waals surface area contributed by atoms with Gasteiger partial charge in [0.05, 0.1) is 29.3 Å². The number of hydrogen-bond acceptors (Lipinski definition) is 5. The third-order valence-corrected chi connectivity index (χ3v) is 5.93. The number of ether oxygens (including phenoxy) is 3. The fourth-order valence-electron chi connectivity index (χ4n) is 3.08. The normalized spacial score (nSPS) is 10.9. The van der Waals surface area contributed by atoms with Crippen LogP contribution in [-0.4, -0.2) is 20.1 Å². The topological polar surface area (TPSA) is 80.6 Å². The smallest absolute Gasteiger partial charge is 0.262 e. The first-order valence-electron chi connectivity index (χ1n) is 10.3. The minimum Gasteiger partial charge on any atom is -0.497 e. The number of nitriles is 1. The molecule has 35 heavy (non-hydrogen) atoms. The molecule has 0 spiro atoms. The van der Waals surface area contributed by atoms with Gasteiger partial charge in [-0.3, -0.25) is 4.79 Å². The van der Waals surface area contributed by atoms with Crippen molar-refractivity contribution in [3.05, 3.63) is 91.9 Å². The van der Waals surface area contributed by atoms with Crippen molar-refractivity contribution in [2.45, 2.75) is 13.2 Å². The van der Waals surface area contributed by atoms with Gasteiger partial charge in [0.2, 0.25) is 0 Å². The van der Waals surface area contributed by atoms with Crippen LogP contribution in [0.2, 0.25) is 15.1 Å². The standard InChI is InChI=1S/C26H21Cl3N2O4/c1-33-20-6-3-16(4-7-20)14-31-26(32)19(13-30)9-18-11-23(29)25(24(12-18)34-2)35-15-17-5-8-21(27)22(28)10-17/h3-12H,14-15H2,1-2H3,(H,31,32)/b19-9-. The maximum absolute atomic E-state index is 12.6. The first-order chi connectivity index (χ1) is 16.8. The van der Waals surface area contributed by atoms with Crippen molar-refractivity contribution < 1.29 is 19.0 Å². The predicted molar refractivity (Wildman–Crippen MR) is 137 cm³/mol. The molecular formula is C26H21Cl3N2O4. The lowest BCUT2D eigenvalue weighted by Crippen LogP contribution is -2.23. The Balaban J connectivity index is 1.73. The summed E-state index contributed by atoms with van der Waals surface area (Å²) in [7, 11) is 3.05. The van der Waals surface area contributed by atoms with Crippen LogP contribution in [0.1, 0.15) is 16.7 Å². The molecule has 0 bridgehead atoms. The molecule has 0 atom stereocenters. The van der Waals surface area contributed by atoms with Gasteiger partial charge in [0.15, 0.2) is 11.5 Å². The quantitative estimate of drug-likeness (QED) is 0.253. The summed E-state index contributed by atoms with van der Waals surface area (Å²) >= 11 is 18.4. The lowest BCUT2D eigenvalue weighted by atomic mass is 10.1. The van der Waals surface area contributed by atoms with Crippen LogP contribution in [0, 0.1) is 11.3 Å². The molecule has 0 fully saturated rings. The molecule has 3 rings (SSSR count). The minimum absolute atomic E-state index is 0.0823. The van der Waals surface area contributed by atoms with E-state index in [1.165, 1.54) is 13.2 Å². The SMILES string of the molecule is COc1ccc(CNC(=O)/C(C#N)=C\c2cc(Cl)c(OCc3ccc(Cl)c(Cl)c3)c(OC)c2)cc1. The molecule has 0 aliphatic heterocycles. The van der Waals surface area contributed by atoms with Crippen molar-refractivity contribution in [1.29, 1.82) is 5.26 Å². The van der Waals surface area contributed by atoms with E-state index in [0.29, 0.717) is 32.9 Å². The highest BCUT2D eigenvalue weighted by atomic mass is 35.5. The van der Waals surface area contributed by atoms with Crippen molar-refractivity contribution in [2.24, 2.45) is 0 Å². The van der Waals surface area contributed by atoms with Gasteiger partial charge in [-0.05, 0) is 59.2 Å². The Morgan fingerprint density at radius 3 is 2.29 bits per heavy atom. The monoisotopic (exact) mass is 530 g/mol. The van der Waals surface area contributed by atoms with Crippen molar-refractivity contribution in [2.75, 3.05) is 14.2 Å². The van der Waals surface area contributed by atoms with E-state index >= 15 is 0 Å². The first kappa shape index (κ1) is 26.2. The summed E-state index contributed by atoms with van der Waals surface area (Å²) in [6.07, 6.45) is 1.43. The lowest BCUT2D eigenvalue weighted by Gasteiger charge is -2.14. The van der Waals surface area contributed by atoms with Gasteiger partial charge in [0, 0.05) is 6.54 Å². The van der Waals surface area contributed by atoms with E-state index in [1.807, 2.05) is 18.2 Å². The van der Waals surface area contributed by atoms with Gasteiger partial charge in [-0.15, -0.1) is 0 Å². The largest absolute Gasteiger partial charge is 0.497 e. The Morgan fingerprint density at radius 1 is 0.943 bits per heavy atom. The Labute approximate surface area is 218 Å². The molecular weight excluding hydrogens is 511 g/mol. The number of amides is 1. The number of benzene rings is 3. The molecule has 0 aliphatic rings. The summed E-state index contributed by atoms with van der Waals surface area (Å²) in [6.45, 7) is 0.437. The zero-order valence-electron chi connectivity index (χ0n) is 18.9. The Bertz CT molecular complexity index is 1280. The summed E-state index contributed by atoms with van der Waals surface area (Å²) in [6, 6.07) is 17.6. The maximum atomic E-state index is 12.6. The number of carbonyl (C=O) groups excluding carboxylic acids is 1. The fraction of sp³-hybridized carbons (Fsp3) is 0.154. The fourth-order valence-corrected chi connectivity index (χ4v) is 3.68. The number of nitrogens with one attached hydrogen (secondary N) is 1. The average Bonchev–Trinajstić information content (AvgIpc) is 2.87. The minimum atomic E-state index is -0.515. The molecule has 0 aromatic heterocycles. The second-order valence-electron chi connectivity index (χ2n) is 7.27. The molecule has 180 valence electrons. The highest BCUT2D eigenvalue weighted by Gasteiger charge is 2.15. The molecule has 0 saturated carbocycles. The molecule has 0 aliphatic carbocycles. The van der Waals surface area contributed by atoms with Gasteiger partial charge in [0.1, 0.15) is 24.0 Å². The van der Waals surface area contributed by atoms with E-state index in [1.54, 1.807) is 49.6 Å². The summed E-state index contributed by atoms with van der Waals surface area (Å²) in [5.74, 6) is 0.867. The van der Waals surface area contributed by atoms with Gasteiger partial charge >= 0.3 is 0 Å². The zero-order chi connectivity index (χ0) is 25.4. The summed E-state index contributed by atoms with van der Waals surface area (Å²) in [5.41, 5.74) is 2.08. The van der Waals surface area contributed by atoms with Crippen LogP contribution in [0.4, 0.5) is 0 Å². The van der Waals surface area contributed by atoms with Crippen molar-refractivity contribution >= 4 is 46.8 Å². The third-order valence-electron chi connectivity index (χ3n) is 4.91. The lowest BCUT2D eigenvalue weighted by molar-refractivity contribution is -0.117. The Hall–Kier alpha value is -3.37. The van der Waals surface area contributed by atoms with Gasteiger partial charge in [-0.25, -0.2) is 0 Å². The highest BCUT2D eigenvalue weighted by molar-refractivity contribution is 6.42. The van der Waals surface area contributed by atoms with Crippen LogP contribution in [0.3, 0.4) is 0 Å². The predicted octanol–water partition coefficient (Wildman–Crippen LogP) is 6.47. The summed E-state index contributed by atoms with van der Waals surface area (Å²) < 4.78 is 16.4. The van der Waals surface area contributed by atoms with Crippen LogP contribution in [0.15, 0.2) is 60.2 Å². The zero-order valence-corrected chi connectivity index (χ0v) is 21.2. The second-order valence-corrected chi connectivity index (χ2v) is 8.49. The van der Waals surface area contributed by atoms with Crippen LogP contribution in [0.5, 0.6) is 17.2 Å². The van der Waals surface area contributed by atoms with E-state index in [-0.39, 0.29) is 23.7 Å². The van der Waals surface area contributed by atoms with E-state index in [0.717, 1.165) is 11.1 Å². The Morgan fingerprint density at radius 2 is 1.66 bits per heavy atom. The number of carbonyl (C=O) groups is 1. The molecule has 1 N–H and O–H groups in total. The van der Waals surface area contributed by atoms with E-state index in [4.69, 9.17) is 49.0 Å². The molecule has 3 aromatic carbocycles. The van der Waals surface area contributed by atoms with Crippen LogP contribution in [-0.2, 0) is 17.9 Å². The van der Waals surface area contributed by atoms with Crippen molar-refractivity contribution in [3.63, 3.8) is 0 Å². The number of halogens is 3. The van der Waals surface area contributed by atoms with E-state index < -0.39 is 5.91 Å². The maximum Gasteiger partial charge on any atom is 0.262 e. The summed E-state index contributed by atoms with van der Waals surface area (Å²) in [5, 5.41) is 13.4. The number of rotatable bonds is 9. The van der Waals surface area contributed by atoms with Crippen molar-refractivity contribution in [3.8, 4) is 23.3 Å². The van der Waals surface area contributed by atoms with Crippen LogP contribution < -0.4 is 19.5 Å². The second kappa shape index (κ2) is 12.4. The molecule has 0 unspecified atom stereocenters. The number of hydrogen-bond donors (Lipinski definition) is 1. The molecule has 3 aromatic rings. The van der Waals surface area contributed by atoms with Gasteiger partial charge in [0.25, 0.3) is 5.91 Å².